The summed E-state index contributed by atoms with van der Waals surface area (Å²) in [4.78, 5) is 26.9. The normalized spacial score (nSPS) is 14.2. The van der Waals surface area contributed by atoms with E-state index in [1.165, 1.54) is 6.33 Å². The number of aryl methyl sites for hydroxylation is 1. The highest BCUT2D eigenvalue weighted by Crippen LogP contribution is 2.25. The number of carbonyl (C=O) groups is 1. The summed E-state index contributed by atoms with van der Waals surface area (Å²) in [5, 5.41) is 2.88. The van der Waals surface area contributed by atoms with Gasteiger partial charge in [0.2, 0.25) is 0 Å². The van der Waals surface area contributed by atoms with Crippen molar-refractivity contribution in [3.8, 4) is 0 Å². The molecule has 0 aromatic carbocycles. The molecule has 2 aromatic heterocycles. The van der Waals surface area contributed by atoms with Crippen molar-refractivity contribution in [2.75, 3.05) is 23.3 Å². The van der Waals surface area contributed by atoms with Gasteiger partial charge in [-0.1, -0.05) is 0 Å². The molecule has 3 rings (SSSR count). The smallest absolute Gasteiger partial charge is 0.257 e. The predicted octanol–water partition coefficient (Wildman–Crippen LogP) is 2.03. The average Bonchev–Trinajstić information content (AvgIpc) is 3.02. The first-order chi connectivity index (χ1) is 10.2. The quantitative estimate of drug-likeness (QED) is 0.933. The zero-order valence-electron chi connectivity index (χ0n) is 11.9. The van der Waals surface area contributed by atoms with Crippen molar-refractivity contribution in [1.29, 1.82) is 0 Å². The van der Waals surface area contributed by atoms with E-state index in [1.807, 2.05) is 13.0 Å². The second-order valence-corrected chi connectivity index (χ2v) is 5.10. The van der Waals surface area contributed by atoms with Gasteiger partial charge in [0.25, 0.3) is 5.91 Å². The maximum atomic E-state index is 12.3. The molecule has 0 aliphatic carbocycles. The monoisotopic (exact) mass is 283 g/mol. The topological polar surface area (TPSA) is 71.0 Å². The molecule has 6 heteroatoms. The van der Waals surface area contributed by atoms with Crippen LogP contribution >= 0.6 is 0 Å². The third-order valence-electron chi connectivity index (χ3n) is 3.52. The predicted molar refractivity (Wildman–Crippen MR) is 80.4 cm³/mol. The molecule has 108 valence electrons. The highest BCUT2D eigenvalue weighted by Gasteiger charge is 2.18. The van der Waals surface area contributed by atoms with Crippen molar-refractivity contribution >= 4 is 17.4 Å². The first-order valence-corrected chi connectivity index (χ1v) is 7.03. The van der Waals surface area contributed by atoms with Crippen LogP contribution in [0.25, 0.3) is 0 Å². The highest BCUT2D eigenvalue weighted by atomic mass is 16.1. The van der Waals surface area contributed by atoms with Gasteiger partial charge in [-0.25, -0.2) is 9.97 Å². The van der Waals surface area contributed by atoms with Crippen molar-refractivity contribution in [3.63, 3.8) is 0 Å². The number of rotatable bonds is 3. The van der Waals surface area contributed by atoms with Crippen molar-refractivity contribution in [2.45, 2.75) is 19.8 Å². The van der Waals surface area contributed by atoms with Crippen LogP contribution in [0.1, 0.15) is 28.9 Å². The fraction of sp³-hybridized carbons (Fsp3) is 0.333. The summed E-state index contributed by atoms with van der Waals surface area (Å²) in [6.07, 6.45) is 7.03. The molecule has 2 aromatic rings. The summed E-state index contributed by atoms with van der Waals surface area (Å²) in [5.41, 5.74) is 2.05. The van der Waals surface area contributed by atoms with E-state index in [2.05, 4.69) is 25.2 Å². The summed E-state index contributed by atoms with van der Waals surface area (Å²) in [6.45, 7) is 3.82. The van der Waals surface area contributed by atoms with Crippen LogP contribution in [0.4, 0.5) is 11.5 Å². The number of hydrogen-bond acceptors (Lipinski definition) is 5. The Morgan fingerprint density at radius 2 is 2.00 bits per heavy atom. The zero-order valence-corrected chi connectivity index (χ0v) is 11.9. The molecule has 0 atom stereocenters. The largest absolute Gasteiger partial charge is 0.355 e. The number of hydrogen-bond donors (Lipinski definition) is 1. The molecule has 1 fully saturated rings. The van der Waals surface area contributed by atoms with E-state index in [9.17, 15) is 4.79 Å². The third kappa shape index (κ3) is 2.99. The number of nitrogens with one attached hydrogen (secondary N) is 1. The van der Waals surface area contributed by atoms with E-state index < -0.39 is 0 Å². The van der Waals surface area contributed by atoms with Gasteiger partial charge in [-0.15, -0.1) is 0 Å². The number of nitrogens with zero attached hydrogens (tertiary/aromatic N) is 4. The Morgan fingerprint density at radius 1 is 1.19 bits per heavy atom. The number of anilines is 2. The molecule has 0 bridgehead atoms. The number of aromatic nitrogens is 3. The fourth-order valence-electron chi connectivity index (χ4n) is 2.39. The molecular weight excluding hydrogens is 266 g/mol. The lowest BCUT2D eigenvalue weighted by molar-refractivity contribution is 0.102. The van der Waals surface area contributed by atoms with Crippen LogP contribution < -0.4 is 10.2 Å². The Balaban J connectivity index is 1.81. The van der Waals surface area contributed by atoms with E-state index >= 15 is 0 Å². The Bertz CT molecular complexity index is 635. The molecule has 1 amide bonds. The van der Waals surface area contributed by atoms with Gasteiger partial charge in [0.15, 0.2) is 5.82 Å². The van der Waals surface area contributed by atoms with Gasteiger partial charge in [0.05, 0.1) is 11.8 Å². The van der Waals surface area contributed by atoms with Crippen LogP contribution in [0, 0.1) is 6.92 Å². The van der Waals surface area contributed by atoms with Crippen LogP contribution in [0.3, 0.4) is 0 Å². The summed E-state index contributed by atoms with van der Waals surface area (Å²) in [7, 11) is 0. The molecule has 1 aliphatic rings. The summed E-state index contributed by atoms with van der Waals surface area (Å²) in [5.74, 6) is 0.591. The molecule has 0 radical (unpaired) electrons. The second-order valence-electron chi connectivity index (χ2n) is 5.10. The van der Waals surface area contributed by atoms with Gasteiger partial charge in [-0.3, -0.25) is 9.78 Å². The van der Waals surface area contributed by atoms with Gasteiger partial charge in [0.1, 0.15) is 12.0 Å². The Kier molecular flexibility index (Phi) is 3.77. The molecular formula is C15H17N5O. The lowest BCUT2D eigenvalue weighted by atomic mass is 10.2. The molecule has 0 unspecified atom stereocenters. The summed E-state index contributed by atoms with van der Waals surface area (Å²) in [6, 6.07) is 3.58. The van der Waals surface area contributed by atoms with Gasteiger partial charge >= 0.3 is 0 Å². The van der Waals surface area contributed by atoms with Crippen LogP contribution in [0.2, 0.25) is 0 Å². The Hall–Kier alpha value is -2.50. The van der Waals surface area contributed by atoms with Gasteiger partial charge in [-0.2, -0.15) is 0 Å². The molecule has 0 spiro atoms. The van der Waals surface area contributed by atoms with Crippen LogP contribution in [0.15, 0.2) is 30.9 Å². The first kappa shape index (κ1) is 13.5. The summed E-state index contributed by atoms with van der Waals surface area (Å²) < 4.78 is 0. The minimum Gasteiger partial charge on any atom is -0.355 e. The minimum atomic E-state index is -0.197. The molecule has 1 aliphatic heterocycles. The Morgan fingerprint density at radius 3 is 2.71 bits per heavy atom. The maximum Gasteiger partial charge on any atom is 0.257 e. The van der Waals surface area contributed by atoms with Crippen molar-refractivity contribution in [3.05, 3.63) is 42.1 Å². The van der Waals surface area contributed by atoms with E-state index in [0.29, 0.717) is 11.3 Å². The molecule has 1 saturated heterocycles. The van der Waals surface area contributed by atoms with Crippen LogP contribution in [0.5, 0.6) is 0 Å². The summed E-state index contributed by atoms with van der Waals surface area (Å²) >= 11 is 0. The fourth-order valence-corrected chi connectivity index (χ4v) is 2.39. The van der Waals surface area contributed by atoms with Crippen molar-refractivity contribution in [1.82, 2.24) is 15.0 Å². The SMILES string of the molecule is Cc1ccc(C(=O)Nc2cncnc2N2CCCC2)cn1. The van der Waals surface area contributed by atoms with E-state index in [1.54, 1.807) is 18.5 Å². The van der Waals surface area contributed by atoms with E-state index in [-0.39, 0.29) is 5.91 Å². The Labute approximate surface area is 123 Å². The highest BCUT2D eigenvalue weighted by molar-refractivity contribution is 6.05. The van der Waals surface area contributed by atoms with Gasteiger partial charge < -0.3 is 10.2 Å². The first-order valence-electron chi connectivity index (χ1n) is 7.03. The van der Waals surface area contributed by atoms with Crippen LogP contribution in [-0.2, 0) is 0 Å². The lowest BCUT2D eigenvalue weighted by Crippen LogP contribution is -2.22. The minimum absolute atomic E-state index is 0.197. The molecule has 3 heterocycles. The number of carbonyl (C=O) groups excluding carboxylic acids is 1. The number of amides is 1. The van der Waals surface area contributed by atoms with Crippen molar-refractivity contribution in [2.24, 2.45) is 0 Å². The van der Waals surface area contributed by atoms with Gasteiger partial charge in [-0.05, 0) is 31.9 Å². The van der Waals surface area contributed by atoms with Gasteiger partial charge in [0, 0.05) is 25.0 Å². The standard InChI is InChI=1S/C15H17N5O/c1-11-4-5-12(8-17-11)15(21)19-13-9-16-10-18-14(13)20-6-2-3-7-20/h4-5,8-10H,2-3,6-7H2,1H3,(H,19,21). The molecule has 0 saturated carbocycles. The third-order valence-corrected chi connectivity index (χ3v) is 3.52. The zero-order chi connectivity index (χ0) is 14.7. The van der Waals surface area contributed by atoms with E-state index in [4.69, 9.17) is 0 Å². The molecule has 21 heavy (non-hydrogen) atoms. The second kappa shape index (κ2) is 5.87. The molecule has 1 N–H and O–H groups in total. The maximum absolute atomic E-state index is 12.3. The van der Waals surface area contributed by atoms with Crippen LogP contribution in [-0.4, -0.2) is 33.9 Å². The lowest BCUT2D eigenvalue weighted by Gasteiger charge is -2.19. The average molecular weight is 283 g/mol. The van der Waals surface area contributed by atoms with E-state index in [0.717, 1.165) is 37.4 Å². The molecule has 6 nitrogen and oxygen atoms in total. The van der Waals surface area contributed by atoms with Crippen molar-refractivity contribution < 1.29 is 4.79 Å². The number of pyridine rings is 1.